The number of hydrogen-bond acceptors (Lipinski definition) is 4. The molecule has 6 heteroatoms. The van der Waals surface area contributed by atoms with E-state index in [1.807, 2.05) is 16.7 Å². The van der Waals surface area contributed by atoms with Crippen LogP contribution >= 0.6 is 11.3 Å². The number of aromatic amines is 1. The summed E-state index contributed by atoms with van der Waals surface area (Å²) < 4.78 is 7.00. The number of carbonyl (C=O) groups excluding carboxylic acids is 1. The number of nitrogens with one attached hydrogen (secondary N) is 1. The molecule has 0 spiro atoms. The second-order valence-electron chi connectivity index (χ2n) is 5.31. The first kappa shape index (κ1) is 14.7. The third kappa shape index (κ3) is 2.51. The highest BCUT2D eigenvalue weighted by molar-refractivity contribution is 7.08. The van der Waals surface area contributed by atoms with Crippen LogP contribution in [0.1, 0.15) is 17.4 Å². The number of H-pyrrole nitrogens is 1. The lowest BCUT2D eigenvalue weighted by Gasteiger charge is -2.05. The Hall–Kier alpha value is -2.86. The van der Waals surface area contributed by atoms with E-state index in [2.05, 4.69) is 38.9 Å². The lowest BCUT2D eigenvalue weighted by atomic mass is 10.1. The number of benzene rings is 1. The van der Waals surface area contributed by atoms with E-state index in [4.69, 9.17) is 4.74 Å². The maximum Gasteiger partial charge on any atom is 0.354 e. The molecule has 1 aromatic carbocycles. The summed E-state index contributed by atoms with van der Waals surface area (Å²) in [4.78, 5) is 19.2. The number of ether oxygens (including phenoxy) is 1. The van der Waals surface area contributed by atoms with Gasteiger partial charge in [-0.15, -0.1) is 0 Å². The summed E-state index contributed by atoms with van der Waals surface area (Å²) in [6.07, 6.45) is 1.75. The van der Waals surface area contributed by atoms with Gasteiger partial charge in [-0.1, -0.05) is 12.1 Å². The summed E-state index contributed by atoms with van der Waals surface area (Å²) in [5.74, 6) is -0.367. The SMILES string of the molecule is CCOC(=O)c1cc2c(ncn2-c2cccc(-c3ccsc3)c2)[nH]1. The van der Waals surface area contributed by atoms with Crippen LogP contribution < -0.4 is 0 Å². The number of carbonyl (C=O) groups is 1. The minimum Gasteiger partial charge on any atom is -0.461 e. The predicted octanol–water partition coefficient (Wildman–Crippen LogP) is 4.26. The summed E-state index contributed by atoms with van der Waals surface area (Å²) >= 11 is 1.68. The summed E-state index contributed by atoms with van der Waals surface area (Å²) in [5.41, 5.74) is 5.27. The summed E-state index contributed by atoms with van der Waals surface area (Å²) in [6.45, 7) is 2.13. The molecule has 0 aliphatic rings. The van der Waals surface area contributed by atoms with Gasteiger partial charge in [0.15, 0.2) is 5.65 Å². The number of aromatic nitrogens is 3. The molecule has 1 N–H and O–H groups in total. The number of hydrogen-bond donors (Lipinski definition) is 1. The van der Waals surface area contributed by atoms with Crippen LogP contribution in [0.5, 0.6) is 0 Å². The van der Waals surface area contributed by atoms with Crippen LogP contribution in [-0.4, -0.2) is 27.1 Å². The Morgan fingerprint density at radius 3 is 3.00 bits per heavy atom. The zero-order valence-corrected chi connectivity index (χ0v) is 13.8. The monoisotopic (exact) mass is 337 g/mol. The van der Waals surface area contributed by atoms with E-state index in [0.29, 0.717) is 17.9 Å². The Morgan fingerprint density at radius 2 is 2.21 bits per heavy atom. The van der Waals surface area contributed by atoms with Crippen LogP contribution in [0.4, 0.5) is 0 Å². The zero-order chi connectivity index (χ0) is 16.5. The van der Waals surface area contributed by atoms with Crippen molar-refractivity contribution in [2.45, 2.75) is 6.92 Å². The fraction of sp³-hybridized carbons (Fsp3) is 0.111. The van der Waals surface area contributed by atoms with Gasteiger partial charge in [-0.05, 0) is 53.1 Å². The van der Waals surface area contributed by atoms with E-state index in [-0.39, 0.29) is 5.97 Å². The van der Waals surface area contributed by atoms with Crippen molar-refractivity contribution >= 4 is 28.5 Å². The molecule has 5 nitrogen and oxygen atoms in total. The molecule has 0 saturated carbocycles. The van der Waals surface area contributed by atoms with Crippen LogP contribution in [0.15, 0.2) is 53.5 Å². The Balaban J connectivity index is 1.77. The number of fused-ring (bicyclic) bond motifs is 1. The van der Waals surface area contributed by atoms with Gasteiger partial charge < -0.3 is 9.72 Å². The van der Waals surface area contributed by atoms with E-state index in [0.717, 1.165) is 16.8 Å². The maximum absolute atomic E-state index is 11.9. The van der Waals surface area contributed by atoms with Crippen molar-refractivity contribution < 1.29 is 9.53 Å². The third-order valence-corrected chi connectivity index (χ3v) is 4.50. The Labute approximate surface area is 142 Å². The van der Waals surface area contributed by atoms with E-state index in [1.165, 1.54) is 5.56 Å². The summed E-state index contributed by atoms with van der Waals surface area (Å²) in [7, 11) is 0. The second-order valence-corrected chi connectivity index (χ2v) is 6.09. The molecule has 0 amide bonds. The lowest BCUT2D eigenvalue weighted by molar-refractivity contribution is 0.0520. The van der Waals surface area contributed by atoms with E-state index < -0.39 is 0 Å². The highest BCUT2D eigenvalue weighted by Crippen LogP contribution is 2.26. The maximum atomic E-state index is 11.9. The van der Waals surface area contributed by atoms with Gasteiger partial charge in [-0.25, -0.2) is 9.78 Å². The zero-order valence-electron chi connectivity index (χ0n) is 13.0. The van der Waals surface area contributed by atoms with Crippen molar-refractivity contribution in [1.29, 1.82) is 0 Å². The molecular weight excluding hydrogens is 322 g/mol. The van der Waals surface area contributed by atoms with E-state index in [9.17, 15) is 4.79 Å². The molecule has 0 radical (unpaired) electrons. The third-order valence-electron chi connectivity index (χ3n) is 3.81. The van der Waals surface area contributed by atoms with Crippen molar-refractivity contribution in [2.24, 2.45) is 0 Å². The van der Waals surface area contributed by atoms with Gasteiger partial charge in [-0.2, -0.15) is 11.3 Å². The number of esters is 1. The van der Waals surface area contributed by atoms with Gasteiger partial charge in [-0.3, -0.25) is 4.57 Å². The van der Waals surface area contributed by atoms with Crippen LogP contribution in [-0.2, 0) is 4.74 Å². The van der Waals surface area contributed by atoms with Gasteiger partial charge in [0.25, 0.3) is 0 Å². The normalized spacial score (nSPS) is 11.0. The molecular formula is C18H15N3O2S. The van der Waals surface area contributed by atoms with Crippen molar-refractivity contribution in [1.82, 2.24) is 14.5 Å². The number of thiophene rings is 1. The summed E-state index contributed by atoms with van der Waals surface area (Å²) in [6, 6.07) is 12.1. The van der Waals surface area contributed by atoms with Crippen LogP contribution in [0, 0.1) is 0 Å². The molecule has 0 unspecified atom stereocenters. The van der Waals surface area contributed by atoms with E-state index in [1.54, 1.807) is 30.7 Å². The molecule has 0 aliphatic carbocycles. The molecule has 0 aliphatic heterocycles. The fourth-order valence-corrected chi connectivity index (χ4v) is 3.35. The molecule has 4 rings (SSSR count). The Bertz CT molecular complexity index is 999. The minimum absolute atomic E-state index is 0.345. The Morgan fingerprint density at radius 1 is 1.29 bits per heavy atom. The Kier molecular flexibility index (Phi) is 3.66. The fourth-order valence-electron chi connectivity index (χ4n) is 2.68. The first-order valence-corrected chi connectivity index (χ1v) is 8.56. The van der Waals surface area contributed by atoms with Crippen LogP contribution in [0.3, 0.4) is 0 Å². The molecule has 120 valence electrons. The predicted molar refractivity (Wildman–Crippen MR) is 94.7 cm³/mol. The largest absolute Gasteiger partial charge is 0.461 e. The van der Waals surface area contributed by atoms with Gasteiger partial charge in [0.1, 0.15) is 12.0 Å². The summed E-state index contributed by atoms with van der Waals surface area (Å²) in [5, 5.41) is 4.19. The smallest absolute Gasteiger partial charge is 0.354 e. The van der Waals surface area contributed by atoms with Crippen LogP contribution in [0.25, 0.3) is 28.0 Å². The van der Waals surface area contributed by atoms with Crippen molar-refractivity contribution in [3.05, 3.63) is 59.2 Å². The minimum atomic E-state index is -0.367. The van der Waals surface area contributed by atoms with Crippen molar-refractivity contribution in [2.75, 3.05) is 6.61 Å². The van der Waals surface area contributed by atoms with Crippen molar-refractivity contribution in [3.8, 4) is 16.8 Å². The number of imidazole rings is 1. The molecule has 0 atom stereocenters. The van der Waals surface area contributed by atoms with Gasteiger partial charge in [0.05, 0.1) is 12.1 Å². The molecule has 0 saturated heterocycles. The molecule has 24 heavy (non-hydrogen) atoms. The topological polar surface area (TPSA) is 59.9 Å². The van der Waals surface area contributed by atoms with Crippen molar-refractivity contribution in [3.63, 3.8) is 0 Å². The molecule has 0 fully saturated rings. The second kappa shape index (κ2) is 5.98. The number of rotatable bonds is 4. The standard InChI is InChI=1S/C18H15N3O2S/c1-2-23-18(22)15-9-16-17(20-15)19-11-21(16)14-5-3-4-12(8-14)13-6-7-24-10-13/h3-11,20H,2H2,1H3. The molecule has 3 heterocycles. The number of nitrogens with zero attached hydrogens (tertiary/aromatic N) is 2. The van der Waals surface area contributed by atoms with Crippen LogP contribution in [0.2, 0.25) is 0 Å². The highest BCUT2D eigenvalue weighted by atomic mass is 32.1. The lowest BCUT2D eigenvalue weighted by Crippen LogP contribution is -2.04. The average Bonchev–Trinajstić information content (AvgIpc) is 3.31. The first-order chi connectivity index (χ1) is 11.8. The highest BCUT2D eigenvalue weighted by Gasteiger charge is 2.14. The van der Waals surface area contributed by atoms with Gasteiger partial charge >= 0.3 is 5.97 Å². The van der Waals surface area contributed by atoms with Gasteiger partial charge in [0, 0.05) is 5.69 Å². The molecule has 0 bridgehead atoms. The van der Waals surface area contributed by atoms with Gasteiger partial charge in [0.2, 0.25) is 0 Å². The van der Waals surface area contributed by atoms with E-state index >= 15 is 0 Å². The first-order valence-electron chi connectivity index (χ1n) is 7.62. The quantitative estimate of drug-likeness (QED) is 0.566. The molecule has 4 aromatic rings. The molecule has 3 aromatic heterocycles. The average molecular weight is 337 g/mol.